The molecule has 4 N–H and O–H groups in total. The predicted molar refractivity (Wildman–Crippen MR) is 126 cm³/mol. The summed E-state index contributed by atoms with van der Waals surface area (Å²) in [6, 6.07) is 13.4. The van der Waals surface area contributed by atoms with E-state index >= 15 is 4.39 Å². The fourth-order valence-electron chi connectivity index (χ4n) is 4.13. The van der Waals surface area contributed by atoms with Gasteiger partial charge in [0.15, 0.2) is 0 Å². The topological polar surface area (TPSA) is 108 Å². The summed E-state index contributed by atoms with van der Waals surface area (Å²) < 4.78 is 26.0. The summed E-state index contributed by atoms with van der Waals surface area (Å²) in [5.41, 5.74) is 0.990. The van der Waals surface area contributed by atoms with E-state index in [0.29, 0.717) is 39.5 Å². The molecule has 2 unspecified atom stereocenters. The van der Waals surface area contributed by atoms with Crippen molar-refractivity contribution in [3.05, 3.63) is 77.9 Å². The maximum atomic E-state index is 15.1. The number of H-pyrrole nitrogens is 1. The number of carbonyl (C=O) groups excluding carboxylic acids is 1. The highest BCUT2D eigenvalue weighted by Gasteiger charge is 2.39. The van der Waals surface area contributed by atoms with Gasteiger partial charge in [0.1, 0.15) is 34.6 Å². The van der Waals surface area contributed by atoms with Gasteiger partial charge < -0.3 is 30.2 Å². The quantitative estimate of drug-likeness (QED) is 0.339. The van der Waals surface area contributed by atoms with Crippen LogP contribution in [-0.4, -0.2) is 40.2 Å². The van der Waals surface area contributed by atoms with E-state index in [0.717, 1.165) is 0 Å². The van der Waals surface area contributed by atoms with Crippen molar-refractivity contribution in [3.63, 3.8) is 0 Å². The van der Waals surface area contributed by atoms with Crippen LogP contribution in [-0.2, 0) is 9.53 Å². The summed E-state index contributed by atoms with van der Waals surface area (Å²) in [5, 5.41) is 17.8. The highest BCUT2D eigenvalue weighted by molar-refractivity contribution is 6.12. The molecule has 1 aliphatic rings. The minimum Gasteiger partial charge on any atom is -0.457 e. The molecule has 1 amide bonds. The highest BCUT2D eigenvalue weighted by atomic mass is 19.1. The lowest BCUT2D eigenvalue weighted by atomic mass is 9.95. The van der Waals surface area contributed by atoms with Crippen molar-refractivity contribution in [2.45, 2.75) is 18.6 Å². The van der Waals surface area contributed by atoms with Gasteiger partial charge in [-0.1, -0.05) is 18.2 Å². The maximum absolute atomic E-state index is 15.1. The molecule has 2 atom stereocenters. The number of ether oxygens (including phenoxy) is 2. The number of amides is 1. The van der Waals surface area contributed by atoms with Crippen molar-refractivity contribution in [3.8, 4) is 11.5 Å². The van der Waals surface area contributed by atoms with Crippen molar-refractivity contribution in [2.75, 3.05) is 24.4 Å². The van der Waals surface area contributed by atoms with Gasteiger partial charge >= 0.3 is 0 Å². The number of para-hydroxylation sites is 1. The molecule has 0 radical (unpaired) electrons. The predicted octanol–water partition coefficient (Wildman–Crippen LogP) is 4.35. The van der Waals surface area contributed by atoms with Gasteiger partial charge in [0.05, 0.1) is 29.6 Å². The second kappa shape index (κ2) is 8.44. The fourth-order valence-corrected chi connectivity index (χ4v) is 4.13. The van der Waals surface area contributed by atoms with Crippen LogP contribution in [0.2, 0.25) is 0 Å². The van der Waals surface area contributed by atoms with E-state index in [1.807, 2.05) is 18.2 Å². The van der Waals surface area contributed by atoms with Crippen LogP contribution in [0, 0.1) is 5.82 Å². The van der Waals surface area contributed by atoms with Gasteiger partial charge in [-0.3, -0.25) is 4.79 Å². The fraction of sp³-hybridized carbons (Fsp3) is 0.200. The molecule has 0 saturated heterocycles. The van der Waals surface area contributed by atoms with Gasteiger partial charge in [0, 0.05) is 30.5 Å². The molecule has 0 spiro atoms. The van der Waals surface area contributed by atoms with Crippen LogP contribution in [0.4, 0.5) is 15.8 Å². The zero-order chi connectivity index (χ0) is 23.9. The summed E-state index contributed by atoms with van der Waals surface area (Å²) in [6.07, 6.45) is 1.82. The third kappa shape index (κ3) is 3.74. The minimum atomic E-state index is -1.29. The molecule has 0 fully saturated rings. The Labute approximate surface area is 194 Å². The molecule has 5 rings (SSSR count). The number of aromatic nitrogens is 2. The Balaban J connectivity index is 1.52. The maximum Gasteiger partial charge on any atom is 0.252 e. The monoisotopic (exact) mass is 462 g/mol. The number of rotatable bonds is 6. The first-order valence-corrected chi connectivity index (χ1v) is 10.7. The number of methoxy groups -OCH3 is 1. The second-order valence-corrected chi connectivity index (χ2v) is 8.36. The molecule has 4 aromatic rings. The number of carbonyl (C=O) groups is 1. The molecule has 0 aliphatic carbocycles. The average Bonchev–Trinajstić information content (AvgIpc) is 3.25. The SMILES string of the molecule is COCC1(C)Nc2c(cnc3[nH]cc(C(O)c4ccc(Oc5ccccc5)cc4F)c23)NC1=O. The molecule has 174 valence electrons. The zero-order valence-electron chi connectivity index (χ0n) is 18.6. The third-order valence-electron chi connectivity index (χ3n) is 5.86. The molecule has 3 heterocycles. The molecule has 8 nitrogen and oxygen atoms in total. The first kappa shape index (κ1) is 21.9. The summed E-state index contributed by atoms with van der Waals surface area (Å²) in [6.45, 7) is 1.84. The van der Waals surface area contributed by atoms with Crippen molar-refractivity contribution >= 4 is 28.3 Å². The van der Waals surface area contributed by atoms with E-state index in [1.54, 1.807) is 31.3 Å². The molecule has 2 aromatic heterocycles. The lowest BCUT2D eigenvalue weighted by Crippen LogP contribution is -2.53. The lowest BCUT2D eigenvalue weighted by Gasteiger charge is -2.35. The Morgan fingerprint density at radius 2 is 1.94 bits per heavy atom. The van der Waals surface area contributed by atoms with E-state index in [2.05, 4.69) is 20.6 Å². The van der Waals surface area contributed by atoms with Crippen LogP contribution in [0.15, 0.2) is 60.9 Å². The molecule has 2 aromatic carbocycles. The second-order valence-electron chi connectivity index (χ2n) is 8.36. The lowest BCUT2D eigenvalue weighted by molar-refractivity contribution is -0.121. The van der Waals surface area contributed by atoms with Crippen molar-refractivity contribution in [2.24, 2.45) is 0 Å². The molecule has 34 heavy (non-hydrogen) atoms. The number of hydrogen-bond acceptors (Lipinski definition) is 6. The minimum absolute atomic E-state index is 0.0819. The van der Waals surface area contributed by atoms with Crippen molar-refractivity contribution < 1.29 is 23.8 Å². The van der Waals surface area contributed by atoms with E-state index in [1.165, 1.54) is 25.4 Å². The number of aromatic amines is 1. The number of benzene rings is 2. The molecule has 0 bridgehead atoms. The Morgan fingerprint density at radius 1 is 1.15 bits per heavy atom. The molecule has 1 aliphatic heterocycles. The van der Waals surface area contributed by atoms with Crippen LogP contribution < -0.4 is 15.4 Å². The van der Waals surface area contributed by atoms with Gasteiger partial charge in [0.2, 0.25) is 0 Å². The van der Waals surface area contributed by atoms with E-state index in [-0.39, 0.29) is 18.1 Å². The normalized spacial score (nSPS) is 18.2. The highest BCUT2D eigenvalue weighted by Crippen LogP contribution is 2.41. The standard InChI is InChI=1S/C25H23FN4O4/c1-25(13-33-2)24(32)29-19-12-28-23-20(21(19)30-25)17(11-27-23)22(31)16-9-8-15(10-18(16)26)34-14-6-4-3-5-7-14/h3-12,22,30-31H,13H2,1-2H3,(H,27,28)(H,29,32). The third-order valence-corrected chi connectivity index (χ3v) is 5.86. The Morgan fingerprint density at radius 3 is 2.68 bits per heavy atom. The number of halogens is 1. The Hall–Kier alpha value is -3.95. The van der Waals surface area contributed by atoms with Crippen LogP contribution in [0.5, 0.6) is 11.5 Å². The van der Waals surface area contributed by atoms with E-state index in [4.69, 9.17) is 9.47 Å². The van der Waals surface area contributed by atoms with Crippen LogP contribution in [0.1, 0.15) is 24.2 Å². The molecule has 0 saturated carbocycles. The Bertz CT molecular complexity index is 1370. The summed E-state index contributed by atoms with van der Waals surface area (Å²) in [4.78, 5) is 19.9. The number of anilines is 2. The molecular weight excluding hydrogens is 439 g/mol. The van der Waals surface area contributed by atoms with E-state index < -0.39 is 17.5 Å². The summed E-state index contributed by atoms with van der Waals surface area (Å²) in [7, 11) is 1.51. The number of aliphatic hydroxyl groups is 1. The smallest absolute Gasteiger partial charge is 0.252 e. The number of fused-ring (bicyclic) bond motifs is 3. The van der Waals surface area contributed by atoms with Gasteiger partial charge in [-0.05, 0) is 31.2 Å². The number of pyridine rings is 1. The van der Waals surface area contributed by atoms with Gasteiger partial charge in [-0.15, -0.1) is 0 Å². The van der Waals surface area contributed by atoms with Crippen molar-refractivity contribution in [1.82, 2.24) is 9.97 Å². The Kier molecular flexibility index (Phi) is 5.43. The molecular formula is C25H23FN4O4. The summed E-state index contributed by atoms with van der Waals surface area (Å²) >= 11 is 0. The van der Waals surface area contributed by atoms with Gasteiger partial charge in [0.25, 0.3) is 5.91 Å². The van der Waals surface area contributed by atoms with Crippen LogP contribution in [0.25, 0.3) is 11.0 Å². The molecule has 9 heteroatoms. The first-order valence-electron chi connectivity index (χ1n) is 10.7. The largest absolute Gasteiger partial charge is 0.457 e. The average molecular weight is 462 g/mol. The zero-order valence-corrected chi connectivity index (χ0v) is 18.6. The number of aliphatic hydroxyl groups excluding tert-OH is 1. The van der Waals surface area contributed by atoms with Gasteiger partial charge in [-0.2, -0.15) is 0 Å². The number of nitrogens with zero attached hydrogens (tertiary/aromatic N) is 1. The van der Waals surface area contributed by atoms with Gasteiger partial charge in [-0.25, -0.2) is 9.37 Å². The van der Waals surface area contributed by atoms with Crippen LogP contribution in [0.3, 0.4) is 0 Å². The summed E-state index contributed by atoms with van der Waals surface area (Å²) in [5.74, 6) is 0.0216. The van der Waals surface area contributed by atoms with Crippen LogP contribution >= 0.6 is 0 Å². The number of hydrogen-bond donors (Lipinski definition) is 4. The number of nitrogens with one attached hydrogen (secondary N) is 3. The first-order chi connectivity index (χ1) is 16.4. The van der Waals surface area contributed by atoms with Crippen molar-refractivity contribution in [1.29, 1.82) is 0 Å². The van der Waals surface area contributed by atoms with E-state index in [9.17, 15) is 9.90 Å².